The number of nitrogens with zero attached hydrogens (tertiary/aromatic N) is 2. The van der Waals surface area contributed by atoms with Gasteiger partial charge in [-0.05, 0) is 19.5 Å². The number of rotatable bonds is 5. The zero-order valence-electron chi connectivity index (χ0n) is 9.38. The molecule has 92 valence electrons. The standard InChI is InChI=1S/C10H16F3N3/c1-14-8(3-5-10(11,12)13)7-9-4-6-16(2)15-9/h4,6,8,14H,3,5,7H2,1-2H3. The molecule has 1 rings (SSSR count). The van der Waals surface area contributed by atoms with Crippen LogP contribution in [0.15, 0.2) is 12.3 Å². The predicted molar refractivity (Wildman–Crippen MR) is 55.0 cm³/mol. The average Bonchev–Trinajstić information content (AvgIpc) is 2.57. The summed E-state index contributed by atoms with van der Waals surface area (Å²) >= 11 is 0. The first-order valence-corrected chi connectivity index (χ1v) is 5.13. The van der Waals surface area contributed by atoms with Crippen molar-refractivity contribution < 1.29 is 13.2 Å². The Balaban J connectivity index is 2.43. The van der Waals surface area contributed by atoms with Crippen LogP contribution >= 0.6 is 0 Å². The van der Waals surface area contributed by atoms with Crippen molar-refractivity contribution in [2.45, 2.75) is 31.5 Å². The van der Waals surface area contributed by atoms with Gasteiger partial charge in [0, 0.05) is 32.1 Å². The number of aromatic nitrogens is 2. The first-order valence-electron chi connectivity index (χ1n) is 5.13. The molecule has 1 N–H and O–H groups in total. The fourth-order valence-electron chi connectivity index (χ4n) is 1.51. The first kappa shape index (κ1) is 13.0. The maximum atomic E-state index is 12.0. The molecule has 0 saturated carbocycles. The fourth-order valence-corrected chi connectivity index (χ4v) is 1.51. The van der Waals surface area contributed by atoms with Crippen LogP contribution < -0.4 is 5.32 Å². The lowest BCUT2D eigenvalue weighted by atomic mass is 10.1. The summed E-state index contributed by atoms with van der Waals surface area (Å²) in [5, 5.41) is 7.02. The minimum Gasteiger partial charge on any atom is -0.317 e. The molecular weight excluding hydrogens is 219 g/mol. The highest BCUT2D eigenvalue weighted by molar-refractivity contribution is 5.01. The van der Waals surface area contributed by atoms with E-state index in [1.165, 1.54) is 0 Å². The lowest BCUT2D eigenvalue weighted by Crippen LogP contribution is -2.29. The van der Waals surface area contributed by atoms with Gasteiger partial charge >= 0.3 is 6.18 Å². The predicted octanol–water partition coefficient (Wildman–Crippen LogP) is 1.89. The van der Waals surface area contributed by atoms with Gasteiger partial charge in [-0.1, -0.05) is 0 Å². The Morgan fingerprint density at radius 1 is 1.50 bits per heavy atom. The Morgan fingerprint density at radius 2 is 2.19 bits per heavy atom. The van der Waals surface area contributed by atoms with E-state index in [-0.39, 0.29) is 12.5 Å². The van der Waals surface area contributed by atoms with Crippen LogP contribution in [0.5, 0.6) is 0 Å². The zero-order chi connectivity index (χ0) is 12.2. The van der Waals surface area contributed by atoms with Crippen LogP contribution in [0.3, 0.4) is 0 Å². The zero-order valence-corrected chi connectivity index (χ0v) is 9.38. The molecule has 1 heterocycles. The number of alkyl halides is 3. The molecule has 0 aliphatic heterocycles. The molecule has 0 bridgehead atoms. The molecular formula is C10H16F3N3. The van der Waals surface area contributed by atoms with Crippen molar-refractivity contribution in [3.63, 3.8) is 0 Å². The molecule has 16 heavy (non-hydrogen) atoms. The van der Waals surface area contributed by atoms with Gasteiger partial charge in [0.15, 0.2) is 0 Å². The van der Waals surface area contributed by atoms with Gasteiger partial charge in [-0.3, -0.25) is 4.68 Å². The van der Waals surface area contributed by atoms with Crippen molar-refractivity contribution in [3.05, 3.63) is 18.0 Å². The molecule has 0 amide bonds. The highest BCUT2D eigenvalue weighted by atomic mass is 19.4. The molecule has 0 spiro atoms. The highest BCUT2D eigenvalue weighted by Crippen LogP contribution is 2.22. The van der Waals surface area contributed by atoms with Crippen molar-refractivity contribution in [1.29, 1.82) is 0 Å². The maximum Gasteiger partial charge on any atom is 0.389 e. The van der Waals surface area contributed by atoms with Gasteiger partial charge in [0.1, 0.15) is 0 Å². The molecule has 1 atom stereocenters. The minimum absolute atomic E-state index is 0.0799. The van der Waals surface area contributed by atoms with Crippen LogP contribution in [0.25, 0.3) is 0 Å². The molecule has 3 nitrogen and oxygen atoms in total. The van der Waals surface area contributed by atoms with Crippen molar-refractivity contribution in [1.82, 2.24) is 15.1 Å². The molecule has 1 aromatic rings. The Labute approximate surface area is 92.6 Å². The van der Waals surface area contributed by atoms with Gasteiger partial charge in [-0.2, -0.15) is 18.3 Å². The number of hydrogen-bond donors (Lipinski definition) is 1. The van der Waals surface area contributed by atoms with Crippen LogP contribution in [-0.2, 0) is 13.5 Å². The van der Waals surface area contributed by atoms with Gasteiger partial charge in [0.25, 0.3) is 0 Å². The van der Waals surface area contributed by atoms with E-state index in [0.29, 0.717) is 6.42 Å². The number of nitrogens with one attached hydrogen (secondary N) is 1. The van der Waals surface area contributed by atoms with Crippen LogP contribution in [0.2, 0.25) is 0 Å². The van der Waals surface area contributed by atoms with E-state index in [1.807, 2.05) is 6.07 Å². The Morgan fingerprint density at radius 3 is 2.62 bits per heavy atom. The third kappa shape index (κ3) is 4.65. The van der Waals surface area contributed by atoms with Gasteiger partial charge in [-0.25, -0.2) is 0 Å². The lowest BCUT2D eigenvalue weighted by molar-refractivity contribution is -0.136. The summed E-state index contributed by atoms with van der Waals surface area (Å²) in [6.45, 7) is 0. The van der Waals surface area contributed by atoms with Gasteiger partial charge < -0.3 is 5.32 Å². The Hall–Kier alpha value is -1.04. The van der Waals surface area contributed by atoms with Gasteiger partial charge in [0.2, 0.25) is 0 Å². The summed E-state index contributed by atoms with van der Waals surface area (Å²) in [4.78, 5) is 0. The summed E-state index contributed by atoms with van der Waals surface area (Å²) < 4.78 is 37.8. The second-order valence-corrected chi connectivity index (χ2v) is 3.82. The second kappa shape index (κ2) is 5.34. The molecule has 0 aromatic carbocycles. The molecule has 6 heteroatoms. The number of hydrogen-bond acceptors (Lipinski definition) is 2. The van der Waals surface area contributed by atoms with E-state index in [2.05, 4.69) is 10.4 Å². The quantitative estimate of drug-likeness (QED) is 0.844. The molecule has 0 fully saturated rings. The minimum atomic E-state index is -4.08. The summed E-state index contributed by atoms with van der Waals surface area (Å²) in [5.41, 5.74) is 0.809. The largest absolute Gasteiger partial charge is 0.389 e. The van der Waals surface area contributed by atoms with Crippen LogP contribution in [-0.4, -0.2) is 29.0 Å². The number of halogens is 3. The van der Waals surface area contributed by atoms with Gasteiger partial charge in [0.05, 0.1) is 5.69 Å². The van der Waals surface area contributed by atoms with Crippen LogP contribution in [0.4, 0.5) is 13.2 Å². The summed E-state index contributed by atoms with van der Waals surface area (Å²) in [6.07, 6.45) is -2.46. The third-order valence-corrected chi connectivity index (χ3v) is 2.41. The van der Waals surface area contributed by atoms with Crippen molar-refractivity contribution in [2.24, 2.45) is 7.05 Å². The molecule has 1 aromatic heterocycles. The highest BCUT2D eigenvalue weighted by Gasteiger charge is 2.28. The summed E-state index contributed by atoms with van der Waals surface area (Å²) in [7, 11) is 3.46. The molecule has 0 aliphatic rings. The summed E-state index contributed by atoms with van der Waals surface area (Å²) in [6, 6.07) is 1.63. The SMILES string of the molecule is CNC(CCC(F)(F)F)Cc1ccn(C)n1. The maximum absolute atomic E-state index is 12.0. The molecule has 0 aliphatic carbocycles. The van der Waals surface area contributed by atoms with E-state index >= 15 is 0 Å². The van der Waals surface area contributed by atoms with Crippen molar-refractivity contribution >= 4 is 0 Å². The average molecular weight is 235 g/mol. The van der Waals surface area contributed by atoms with E-state index in [0.717, 1.165) is 5.69 Å². The topological polar surface area (TPSA) is 29.9 Å². The monoisotopic (exact) mass is 235 g/mol. The van der Waals surface area contributed by atoms with Crippen molar-refractivity contribution in [2.75, 3.05) is 7.05 Å². The molecule has 0 saturated heterocycles. The molecule has 0 radical (unpaired) electrons. The Kier molecular flexibility index (Phi) is 4.35. The van der Waals surface area contributed by atoms with Crippen LogP contribution in [0.1, 0.15) is 18.5 Å². The summed E-state index contributed by atoms with van der Waals surface area (Å²) in [5.74, 6) is 0. The number of likely N-dealkylation sites (N-methyl/N-ethyl adjacent to an activating group) is 1. The van der Waals surface area contributed by atoms with E-state index in [4.69, 9.17) is 0 Å². The lowest BCUT2D eigenvalue weighted by Gasteiger charge is -2.15. The Bertz CT molecular complexity index is 319. The molecule has 1 unspecified atom stereocenters. The van der Waals surface area contributed by atoms with E-state index in [1.54, 1.807) is 25.0 Å². The number of aryl methyl sites for hydroxylation is 1. The second-order valence-electron chi connectivity index (χ2n) is 3.82. The third-order valence-electron chi connectivity index (χ3n) is 2.41. The first-order chi connectivity index (χ1) is 7.40. The smallest absolute Gasteiger partial charge is 0.317 e. The van der Waals surface area contributed by atoms with E-state index < -0.39 is 12.6 Å². The fraction of sp³-hybridized carbons (Fsp3) is 0.700. The van der Waals surface area contributed by atoms with Crippen LogP contribution in [0, 0.1) is 0 Å². The van der Waals surface area contributed by atoms with Gasteiger partial charge in [-0.15, -0.1) is 0 Å². The van der Waals surface area contributed by atoms with E-state index in [9.17, 15) is 13.2 Å². The van der Waals surface area contributed by atoms with Crippen molar-refractivity contribution in [3.8, 4) is 0 Å². The normalized spacial score (nSPS) is 14.1.